The molecule has 0 amide bonds. The van der Waals surface area contributed by atoms with Crippen LogP contribution in [0.25, 0.3) is 0 Å². The quantitative estimate of drug-likeness (QED) is 0.502. The molecule has 4 aromatic heterocycles. The van der Waals surface area contributed by atoms with Crippen LogP contribution in [-0.4, -0.2) is 15.2 Å². The Bertz CT molecular complexity index is 354. The summed E-state index contributed by atoms with van der Waals surface area (Å²) >= 11 is 1.71. The summed E-state index contributed by atoms with van der Waals surface area (Å²) in [6.07, 6.45) is 10.5. The Labute approximate surface area is 122 Å². The second-order valence-corrected chi connectivity index (χ2v) is 4.05. The van der Waals surface area contributed by atoms with Gasteiger partial charge in [-0.1, -0.05) is 12.1 Å². The number of aromatic nitrogens is 3. The second kappa shape index (κ2) is 12.9. The van der Waals surface area contributed by atoms with E-state index in [1.807, 2.05) is 65.6 Å². The minimum Gasteiger partial charge on any atom is -0.473 e. The van der Waals surface area contributed by atoms with E-state index in [4.69, 9.17) is 0 Å². The molecule has 4 heterocycles. The van der Waals surface area contributed by atoms with Gasteiger partial charge in [0.25, 0.3) is 0 Å². The Balaban J connectivity index is 0.000000133. The smallest absolute Gasteiger partial charge is 0.0902 e. The van der Waals surface area contributed by atoms with Gasteiger partial charge in [0.05, 0.1) is 12.5 Å². The van der Waals surface area contributed by atoms with Crippen LogP contribution < -0.4 is 0 Å². The van der Waals surface area contributed by atoms with Crippen LogP contribution in [0.1, 0.15) is 0 Å². The molecule has 0 atom stereocenters. The van der Waals surface area contributed by atoms with E-state index in [2.05, 4.69) is 19.6 Å². The lowest BCUT2D eigenvalue weighted by Crippen LogP contribution is -1.53. The van der Waals surface area contributed by atoms with Crippen molar-refractivity contribution in [1.82, 2.24) is 15.2 Å². The molecule has 4 rings (SSSR count). The van der Waals surface area contributed by atoms with Crippen LogP contribution in [0.2, 0.25) is 0 Å². The van der Waals surface area contributed by atoms with Gasteiger partial charge in [-0.25, -0.2) is 0 Å². The van der Waals surface area contributed by atoms with Gasteiger partial charge in [-0.2, -0.15) is 16.4 Å². The summed E-state index contributed by atoms with van der Waals surface area (Å²) in [6.45, 7) is 0. The first kappa shape index (κ1) is 15.5. The molecule has 0 saturated heterocycles. The summed E-state index contributed by atoms with van der Waals surface area (Å²) in [5.41, 5.74) is 0. The SMILES string of the molecule is c1cc[nH]c1.c1ccoc1.c1ccsc1.c1cn[nH]c1. The van der Waals surface area contributed by atoms with Crippen LogP contribution in [0.3, 0.4) is 0 Å². The number of nitrogens with one attached hydrogen (secondary N) is 2. The average Bonchev–Trinajstić information content (AvgIpc) is 3.40. The molecule has 0 aliphatic heterocycles. The molecule has 0 fully saturated rings. The zero-order valence-corrected chi connectivity index (χ0v) is 11.7. The molecule has 0 bridgehead atoms. The molecular weight excluding hydrogens is 270 g/mol. The fourth-order valence-electron chi connectivity index (χ4n) is 0.947. The Hall–Kier alpha value is -2.53. The Morgan fingerprint density at radius 3 is 1.65 bits per heavy atom. The summed E-state index contributed by atoms with van der Waals surface area (Å²) in [6, 6.07) is 13.4. The molecule has 0 unspecified atom stereocenters. The van der Waals surface area contributed by atoms with Gasteiger partial charge in [0.2, 0.25) is 0 Å². The average molecular weight is 287 g/mol. The van der Waals surface area contributed by atoms with Crippen molar-refractivity contribution in [1.29, 1.82) is 0 Å². The lowest BCUT2D eigenvalue weighted by Gasteiger charge is -1.50. The van der Waals surface area contributed by atoms with Gasteiger partial charge in [0.1, 0.15) is 0 Å². The first-order chi connectivity index (χ1) is 10.0. The molecule has 0 aliphatic rings. The minimum atomic E-state index is 1.62. The van der Waals surface area contributed by atoms with Gasteiger partial charge in [0.15, 0.2) is 0 Å². The standard InChI is InChI=1S/C4H5N.C4H4O.C4H4S.C3H4N2/c4*1-2-4-5-3-1/h1-5H;2*1-4H;1-3H,(H,4,5). The highest BCUT2D eigenvalue weighted by Gasteiger charge is 1.59. The number of furan rings is 1. The van der Waals surface area contributed by atoms with E-state index in [-0.39, 0.29) is 0 Å². The maximum Gasteiger partial charge on any atom is 0.0902 e. The predicted molar refractivity (Wildman–Crippen MR) is 82.4 cm³/mol. The molecule has 20 heavy (non-hydrogen) atoms. The number of hydrogen-bond donors (Lipinski definition) is 2. The van der Waals surface area contributed by atoms with Gasteiger partial charge in [0, 0.05) is 24.8 Å². The lowest BCUT2D eigenvalue weighted by atomic mass is 10.7. The molecule has 4 aromatic rings. The molecule has 2 N–H and O–H groups in total. The first-order valence-corrected chi connectivity index (χ1v) is 6.90. The van der Waals surface area contributed by atoms with Crippen LogP contribution >= 0.6 is 11.3 Å². The molecule has 0 radical (unpaired) electrons. The number of nitrogens with zero attached hydrogens (tertiary/aromatic N) is 1. The highest BCUT2D eigenvalue weighted by atomic mass is 32.1. The van der Waals surface area contributed by atoms with Crippen molar-refractivity contribution in [2.75, 3.05) is 0 Å². The molecular formula is C15H17N3OS. The van der Waals surface area contributed by atoms with Crippen LogP contribution in [0.15, 0.2) is 95.0 Å². The van der Waals surface area contributed by atoms with Gasteiger partial charge in [-0.3, -0.25) is 5.10 Å². The van der Waals surface area contributed by atoms with Gasteiger partial charge in [-0.05, 0) is 41.1 Å². The zero-order chi connectivity index (χ0) is 14.1. The van der Waals surface area contributed by atoms with Crippen molar-refractivity contribution in [3.8, 4) is 0 Å². The van der Waals surface area contributed by atoms with E-state index in [9.17, 15) is 0 Å². The van der Waals surface area contributed by atoms with Crippen molar-refractivity contribution in [2.45, 2.75) is 0 Å². The highest BCUT2D eigenvalue weighted by molar-refractivity contribution is 7.07. The number of rotatable bonds is 0. The Morgan fingerprint density at radius 2 is 1.45 bits per heavy atom. The van der Waals surface area contributed by atoms with Crippen LogP contribution in [0, 0.1) is 0 Å². The van der Waals surface area contributed by atoms with Crippen LogP contribution in [0.4, 0.5) is 0 Å². The van der Waals surface area contributed by atoms with Crippen molar-refractivity contribution >= 4 is 11.3 Å². The van der Waals surface area contributed by atoms with E-state index in [0.29, 0.717) is 0 Å². The fraction of sp³-hybridized carbons (Fsp3) is 0. The van der Waals surface area contributed by atoms with E-state index in [1.54, 1.807) is 36.3 Å². The normalized spacial score (nSPS) is 8.00. The Morgan fingerprint density at radius 1 is 0.750 bits per heavy atom. The topological polar surface area (TPSA) is 57.6 Å². The second-order valence-electron chi connectivity index (χ2n) is 3.24. The van der Waals surface area contributed by atoms with Gasteiger partial charge < -0.3 is 9.40 Å². The van der Waals surface area contributed by atoms with Crippen LogP contribution in [-0.2, 0) is 0 Å². The van der Waals surface area contributed by atoms with Crippen molar-refractivity contribution in [3.05, 3.63) is 90.5 Å². The van der Waals surface area contributed by atoms with Crippen molar-refractivity contribution < 1.29 is 4.42 Å². The number of aromatic amines is 2. The molecule has 0 aliphatic carbocycles. The van der Waals surface area contributed by atoms with E-state index in [1.165, 1.54) is 0 Å². The number of thiophene rings is 1. The molecule has 4 nitrogen and oxygen atoms in total. The van der Waals surface area contributed by atoms with E-state index < -0.39 is 0 Å². The van der Waals surface area contributed by atoms with E-state index >= 15 is 0 Å². The number of hydrogen-bond acceptors (Lipinski definition) is 3. The zero-order valence-electron chi connectivity index (χ0n) is 10.9. The summed E-state index contributed by atoms with van der Waals surface area (Å²) in [7, 11) is 0. The minimum absolute atomic E-state index is 1.62. The third-order valence-electron chi connectivity index (χ3n) is 1.75. The largest absolute Gasteiger partial charge is 0.473 e. The maximum absolute atomic E-state index is 4.58. The van der Waals surface area contributed by atoms with Gasteiger partial charge >= 0.3 is 0 Å². The Kier molecular flexibility index (Phi) is 10.0. The molecule has 0 saturated carbocycles. The molecule has 0 aromatic carbocycles. The number of H-pyrrole nitrogens is 2. The van der Waals surface area contributed by atoms with E-state index in [0.717, 1.165) is 0 Å². The highest BCUT2D eigenvalue weighted by Crippen LogP contribution is 1.91. The molecule has 0 spiro atoms. The molecule has 5 heteroatoms. The third kappa shape index (κ3) is 10.6. The summed E-state index contributed by atoms with van der Waals surface area (Å²) in [5, 5.41) is 10.3. The predicted octanol–water partition coefficient (Wildman–Crippen LogP) is 4.45. The summed E-state index contributed by atoms with van der Waals surface area (Å²) in [5.74, 6) is 0. The monoisotopic (exact) mass is 287 g/mol. The van der Waals surface area contributed by atoms with Crippen molar-refractivity contribution in [3.63, 3.8) is 0 Å². The maximum atomic E-state index is 4.58. The van der Waals surface area contributed by atoms with Gasteiger partial charge in [-0.15, -0.1) is 0 Å². The summed E-state index contributed by atoms with van der Waals surface area (Å²) < 4.78 is 4.58. The lowest BCUT2D eigenvalue weighted by molar-refractivity contribution is 0.567. The third-order valence-corrected chi connectivity index (χ3v) is 2.38. The summed E-state index contributed by atoms with van der Waals surface area (Å²) in [4.78, 5) is 2.86. The fourth-order valence-corrected chi connectivity index (χ4v) is 1.40. The molecule has 104 valence electrons. The van der Waals surface area contributed by atoms with Crippen LogP contribution in [0.5, 0.6) is 0 Å². The van der Waals surface area contributed by atoms with Crippen molar-refractivity contribution in [2.24, 2.45) is 0 Å². The first-order valence-electron chi connectivity index (χ1n) is 5.96.